The predicted octanol–water partition coefficient (Wildman–Crippen LogP) is 3.90. The molecule has 2 fully saturated rings. The topological polar surface area (TPSA) is 45.2 Å². The fourth-order valence-electron chi connectivity index (χ4n) is 4.02. The second kappa shape index (κ2) is 8.41. The van der Waals surface area contributed by atoms with E-state index >= 15 is 0 Å². The predicted molar refractivity (Wildman–Crippen MR) is 110 cm³/mol. The van der Waals surface area contributed by atoms with Crippen LogP contribution in [0.4, 0.5) is 0 Å². The van der Waals surface area contributed by atoms with E-state index in [2.05, 4.69) is 59.4 Å². The third kappa shape index (κ3) is 4.17. The Bertz CT molecular complexity index is 763. The van der Waals surface area contributed by atoms with Crippen molar-refractivity contribution in [2.45, 2.75) is 38.1 Å². The number of nitrogens with one attached hydrogen (secondary N) is 1. The number of hydrogen-bond donors (Lipinski definition) is 1. The highest BCUT2D eigenvalue weighted by molar-refractivity contribution is 5.85. The number of carbonyl (C=O) groups is 1. The van der Waals surface area contributed by atoms with Gasteiger partial charge in [-0.25, -0.2) is 0 Å². The quantitative estimate of drug-likeness (QED) is 0.868. The second-order valence-corrected chi connectivity index (χ2v) is 7.81. The van der Waals surface area contributed by atoms with Crippen LogP contribution in [0.25, 0.3) is 0 Å². The van der Waals surface area contributed by atoms with Crippen LogP contribution in [0.2, 0.25) is 0 Å². The molecule has 27 heavy (non-hydrogen) atoms. The van der Waals surface area contributed by atoms with E-state index in [0.29, 0.717) is 17.7 Å². The van der Waals surface area contributed by atoms with E-state index in [-0.39, 0.29) is 24.4 Å². The smallest absolute Gasteiger partial charge is 0.226 e. The SMILES string of the molecule is CC(C)c1ccc(C2CC2C(=O)N2CCNCC2c2cccnc2)cc1.Cl. The highest BCUT2D eigenvalue weighted by atomic mass is 35.5. The Labute approximate surface area is 167 Å². The van der Waals surface area contributed by atoms with Crippen LogP contribution in [-0.2, 0) is 4.79 Å². The summed E-state index contributed by atoms with van der Waals surface area (Å²) in [6.07, 6.45) is 4.64. The summed E-state index contributed by atoms with van der Waals surface area (Å²) in [7, 11) is 0. The third-order valence-corrected chi connectivity index (χ3v) is 5.73. The molecule has 4 rings (SSSR count). The molecule has 144 valence electrons. The highest BCUT2D eigenvalue weighted by Gasteiger charge is 2.47. The van der Waals surface area contributed by atoms with E-state index in [9.17, 15) is 4.79 Å². The second-order valence-electron chi connectivity index (χ2n) is 7.81. The van der Waals surface area contributed by atoms with Crippen molar-refractivity contribution in [3.8, 4) is 0 Å². The molecule has 1 saturated heterocycles. The van der Waals surface area contributed by atoms with Crippen molar-refractivity contribution in [1.82, 2.24) is 15.2 Å². The molecule has 3 unspecified atom stereocenters. The zero-order valence-electron chi connectivity index (χ0n) is 16.0. The third-order valence-electron chi connectivity index (χ3n) is 5.73. The van der Waals surface area contributed by atoms with Crippen LogP contribution in [0, 0.1) is 5.92 Å². The molecule has 2 heterocycles. The molecular formula is C22H28ClN3O. The molecule has 1 aliphatic heterocycles. The maximum atomic E-state index is 13.2. The molecule has 5 heteroatoms. The summed E-state index contributed by atoms with van der Waals surface area (Å²) in [5.74, 6) is 1.37. The van der Waals surface area contributed by atoms with Crippen molar-refractivity contribution in [1.29, 1.82) is 0 Å². The van der Waals surface area contributed by atoms with Gasteiger partial charge in [-0.15, -0.1) is 12.4 Å². The molecule has 0 radical (unpaired) electrons. The molecule has 0 bridgehead atoms. The van der Waals surface area contributed by atoms with Crippen LogP contribution >= 0.6 is 12.4 Å². The zero-order valence-corrected chi connectivity index (χ0v) is 16.8. The monoisotopic (exact) mass is 385 g/mol. The van der Waals surface area contributed by atoms with E-state index in [0.717, 1.165) is 31.6 Å². The Morgan fingerprint density at radius 3 is 2.63 bits per heavy atom. The summed E-state index contributed by atoms with van der Waals surface area (Å²) in [4.78, 5) is 19.5. The first-order valence-electron chi connectivity index (χ1n) is 9.66. The first kappa shape index (κ1) is 19.8. The van der Waals surface area contributed by atoms with Gasteiger partial charge in [-0.1, -0.05) is 44.2 Å². The van der Waals surface area contributed by atoms with Gasteiger partial charge in [0.2, 0.25) is 5.91 Å². The van der Waals surface area contributed by atoms with Gasteiger partial charge >= 0.3 is 0 Å². The van der Waals surface area contributed by atoms with Gasteiger partial charge in [0.1, 0.15) is 0 Å². The van der Waals surface area contributed by atoms with Crippen molar-refractivity contribution in [3.63, 3.8) is 0 Å². The van der Waals surface area contributed by atoms with Gasteiger partial charge in [0.25, 0.3) is 0 Å². The van der Waals surface area contributed by atoms with Crippen molar-refractivity contribution < 1.29 is 4.79 Å². The summed E-state index contributed by atoms with van der Waals surface area (Å²) in [6.45, 7) is 6.86. The van der Waals surface area contributed by atoms with Crippen molar-refractivity contribution in [2.24, 2.45) is 5.92 Å². The minimum absolute atomic E-state index is 0. The number of amides is 1. The Morgan fingerprint density at radius 1 is 1.19 bits per heavy atom. The van der Waals surface area contributed by atoms with Gasteiger partial charge in [-0.05, 0) is 41.0 Å². The van der Waals surface area contributed by atoms with Crippen molar-refractivity contribution >= 4 is 18.3 Å². The largest absolute Gasteiger partial charge is 0.333 e. The molecule has 1 saturated carbocycles. The fourth-order valence-corrected chi connectivity index (χ4v) is 4.02. The first-order chi connectivity index (χ1) is 12.6. The molecule has 1 amide bonds. The minimum Gasteiger partial charge on any atom is -0.333 e. The van der Waals surface area contributed by atoms with E-state index in [1.54, 1.807) is 6.20 Å². The normalized spacial score (nSPS) is 24.4. The average Bonchev–Trinajstić information content (AvgIpc) is 3.49. The van der Waals surface area contributed by atoms with E-state index in [1.165, 1.54) is 11.1 Å². The number of halogens is 1. The van der Waals surface area contributed by atoms with Gasteiger partial charge in [-0.2, -0.15) is 0 Å². The first-order valence-corrected chi connectivity index (χ1v) is 9.66. The standard InChI is InChI=1S/C22H27N3O.ClH/c1-15(2)16-5-7-17(8-6-16)19-12-20(19)22(26)25-11-10-24-14-21(25)18-4-3-9-23-13-18;/h3-9,13,15,19-21,24H,10-12,14H2,1-2H3;1H. The van der Waals surface area contributed by atoms with Crippen LogP contribution in [0.15, 0.2) is 48.8 Å². The number of hydrogen-bond acceptors (Lipinski definition) is 3. The summed E-state index contributed by atoms with van der Waals surface area (Å²) in [6, 6.07) is 13.0. The Kier molecular flexibility index (Phi) is 6.18. The fraction of sp³-hybridized carbons (Fsp3) is 0.455. The number of carbonyl (C=O) groups excluding carboxylic acids is 1. The maximum Gasteiger partial charge on any atom is 0.226 e. The van der Waals surface area contributed by atoms with Gasteiger partial charge in [0.15, 0.2) is 0 Å². The molecule has 2 aliphatic rings. The number of piperazine rings is 1. The van der Waals surface area contributed by atoms with Gasteiger partial charge in [0, 0.05) is 37.9 Å². The average molecular weight is 386 g/mol. The highest BCUT2D eigenvalue weighted by Crippen LogP contribution is 2.49. The minimum atomic E-state index is 0. The van der Waals surface area contributed by atoms with Crippen molar-refractivity contribution in [2.75, 3.05) is 19.6 Å². The Morgan fingerprint density at radius 2 is 1.96 bits per heavy atom. The van der Waals surface area contributed by atoms with E-state index in [4.69, 9.17) is 0 Å². The molecule has 3 atom stereocenters. The Hall–Kier alpha value is -1.91. The van der Waals surface area contributed by atoms with E-state index in [1.807, 2.05) is 12.3 Å². The van der Waals surface area contributed by atoms with Crippen molar-refractivity contribution in [3.05, 3.63) is 65.5 Å². The molecule has 0 spiro atoms. The van der Waals surface area contributed by atoms with Gasteiger partial charge in [0.05, 0.1) is 6.04 Å². The molecule has 2 aromatic rings. The van der Waals surface area contributed by atoms with Gasteiger partial charge in [-0.3, -0.25) is 9.78 Å². The molecule has 1 aliphatic carbocycles. The molecule has 1 aromatic heterocycles. The van der Waals surface area contributed by atoms with Crippen LogP contribution in [0.1, 0.15) is 54.8 Å². The summed E-state index contributed by atoms with van der Waals surface area (Å²) >= 11 is 0. The lowest BCUT2D eigenvalue weighted by atomic mass is 9.99. The van der Waals surface area contributed by atoms with Crippen LogP contribution in [-0.4, -0.2) is 35.4 Å². The number of pyridine rings is 1. The number of benzene rings is 1. The maximum absolute atomic E-state index is 13.2. The Balaban J connectivity index is 0.00000210. The summed E-state index contributed by atoms with van der Waals surface area (Å²) in [5, 5.41) is 3.42. The molecule has 1 aromatic carbocycles. The van der Waals surface area contributed by atoms with Crippen LogP contribution in [0.5, 0.6) is 0 Å². The van der Waals surface area contributed by atoms with E-state index < -0.39 is 0 Å². The number of aromatic nitrogens is 1. The molecule has 1 N–H and O–H groups in total. The van der Waals surface area contributed by atoms with Crippen LogP contribution in [0.3, 0.4) is 0 Å². The lowest BCUT2D eigenvalue weighted by molar-refractivity contribution is -0.136. The lowest BCUT2D eigenvalue weighted by Crippen LogP contribution is -2.49. The van der Waals surface area contributed by atoms with Gasteiger partial charge < -0.3 is 10.2 Å². The zero-order chi connectivity index (χ0) is 18.1. The summed E-state index contributed by atoms with van der Waals surface area (Å²) in [5.41, 5.74) is 3.78. The number of nitrogens with zero attached hydrogens (tertiary/aromatic N) is 2. The summed E-state index contributed by atoms with van der Waals surface area (Å²) < 4.78 is 0. The molecule has 4 nitrogen and oxygen atoms in total. The number of rotatable bonds is 4. The lowest BCUT2D eigenvalue weighted by Gasteiger charge is -2.36. The molecular weight excluding hydrogens is 358 g/mol. The van der Waals surface area contributed by atoms with Crippen LogP contribution < -0.4 is 5.32 Å².